The van der Waals surface area contributed by atoms with E-state index in [1.54, 1.807) is 0 Å². The van der Waals surface area contributed by atoms with Crippen LogP contribution in [0.1, 0.15) is 29.7 Å². The lowest BCUT2D eigenvalue weighted by Gasteiger charge is -2.16. The van der Waals surface area contributed by atoms with Crippen molar-refractivity contribution in [1.82, 2.24) is 5.32 Å². The number of rotatable bonds is 8. The zero-order valence-electron chi connectivity index (χ0n) is 12.8. The molecule has 0 aromatic heterocycles. The van der Waals surface area contributed by atoms with Gasteiger partial charge in [0, 0.05) is 13.2 Å². The predicted octanol–water partition coefficient (Wildman–Crippen LogP) is 2.54. The molecule has 0 radical (unpaired) electrons. The highest BCUT2D eigenvalue weighted by Crippen LogP contribution is 2.14. The van der Waals surface area contributed by atoms with Gasteiger partial charge in [0.25, 0.3) is 0 Å². The van der Waals surface area contributed by atoms with Gasteiger partial charge >= 0.3 is 0 Å². The van der Waals surface area contributed by atoms with Crippen molar-refractivity contribution in [1.29, 1.82) is 0 Å². The summed E-state index contributed by atoms with van der Waals surface area (Å²) in [7, 11) is 0. The molecule has 4 nitrogen and oxygen atoms in total. The Morgan fingerprint density at radius 2 is 1.86 bits per heavy atom. The summed E-state index contributed by atoms with van der Waals surface area (Å²) < 4.78 is 5.41. The molecule has 2 rings (SSSR count). The maximum atomic E-state index is 11.7. The molecule has 0 bridgehead atoms. The number of carbonyl (C=O) groups is 1. The van der Waals surface area contributed by atoms with E-state index in [0.717, 1.165) is 16.7 Å². The third-order valence-corrected chi connectivity index (χ3v) is 3.39. The molecule has 1 amide bonds. The van der Waals surface area contributed by atoms with Crippen LogP contribution >= 0.6 is 0 Å². The number of benzene rings is 2. The molecule has 0 heterocycles. The topological polar surface area (TPSA) is 64.3 Å². The van der Waals surface area contributed by atoms with E-state index in [9.17, 15) is 4.79 Å². The molecule has 0 aliphatic rings. The fourth-order valence-electron chi connectivity index (χ4n) is 2.30. The first-order chi connectivity index (χ1) is 10.7. The van der Waals surface area contributed by atoms with Gasteiger partial charge in [-0.1, -0.05) is 54.6 Å². The van der Waals surface area contributed by atoms with E-state index in [0.29, 0.717) is 19.8 Å². The van der Waals surface area contributed by atoms with Crippen LogP contribution in [-0.2, 0) is 22.7 Å². The van der Waals surface area contributed by atoms with Crippen molar-refractivity contribution in [2.45, 2.75) is 26.1 Å². The molecule has 0 fully saturated rings. The second-order valence-corrected chi connectivity index (χ2v) is 5.08. The van der Waals surface area contributed by atoms with E-state index in [1.807, 2.05) is 55.5 Å². The number of nitrogens with one attached hydrogen (secondary N) is 1. The Morgan fingerprint density at radius 1 is 1.14 bits per heavy atom. The maximum absolute atomic E-state index is 11.7. The van der Waals surface area contributed by atoms with Crippen LogP contribution in [0.25, 0.3) is 0 Å². The monoisotopic (exact) mass is 298 g/mol. The number of primary amides is 1. The van der Waals surface area contributed by atoms with Gasteiger partial charge < -0.3 is 10.5 Å². The summed E-state index contributed by atoms with van der Waals surface area (Å²) in [6.45, 7) is 3.84. The molecule has 2 aromatic carbocycles. The second-order valence-electron chi connectivity index (χ2n) is 5.08. The van der Waals surface area contributed by atoms with Crippen LogP contribution in [0.4, 0.5) is 0 Å². The normalized spacial score (nSPS) is 12.0. The Kier molecular flexibility index (Phi) is 6.13. The van der Waals surface area contributed by atoms with E-state index in [2.05, 4.69) is 11.4 Å². The molecule has 22 heavy (non-hydrogen) atoms. The first kappa shape index (κ1) is 16.2. The fourth-order valence-corrected chi connectivity index (χ4v) is 2.30. The average Bonchev–Trinajstić information content (AvgIpc) is 2.54. The number of hydrogen-bond donors (Lipinski definition) is 2. The average molecular weight is 298 g/mol. The van der Waals surface area contributed by atoms with Crippen molar-refractivity contribution in [2.75, 3.05) is 6.61 Å². The molecule has 0 aliphatic carbocycles. The fraction of sp³-hybridized carbons (Fsp3) is 0.278. The van der Waals surface area contributed by atoms with Gasteiger partial charge in [0.2, 0.25) is 5.91 Å². The van der Waals surface area contributed by atoms with E-state index in [4.69, 9.17) is 10.5 Å². The molecule has 0 aliphatic heterocycles. The van der Waals surface area contributed by atoms with Gasteiger partial charge in [0.1, 0.15) is 6.04 Å². The highest BCUT2D eigenvalue weighted by molar-refractivity contribution is 5.81. The number of hydrogen-bond acceptors (Lipinski definition) is 3. The van der Waals surface area contributed by atoms with Crippen LogP contribution < -0.4 is 11.1 Å². The number of ether oxygens (including phenoxy) is 1. The summed E-state index contributed by atoms with van der Waals surface area (Å²) in [6, 6.07) is 17.1. The SMILES string of the molecule is CCOCc1cccc(CNC(C(N)=O)c2ccccc2)c1. The molecule has 0 saturated heterocycles. The van der Waals surface area contributed by atoms with Crippen LogP contribution in [0, 0.1) is 0 Å². The zero-order valence-corrected chi connectivity index (χ0v) is 12.8. The Bertz CT molecular complexity index is 599. The van der Waals surface area contributed by atoms with Gasteiger partial charge in [-0.15, -0.1) is 0 Å². The lowest BCUT2D eigenvalue weighted by atomic mass is 10.1. The van der Waals surface area contributed by atoms with Crippen molar-refractivity contribution in [2.24, 2.45) is 5.73 Å². The largest absolute Gasteiger partial charge is 0.377 e. The molecular weight excluding hydrogens is 276 g/mol. The van der Waals surface area contributed by atoms with Crippen molar-refractivity contribution >= 4 is 5.91 Å². The first-order valence-electron chi connectivity index (χ1n) is 7.44. The maximum Gasteiger partial charge on any atom is 0.239 e. The number of nitrogens with two attached hydrogens (primary N) is 1. The molecule has 4 heteroatoms. The summed E-state index contributed by atoms with van der Waals surface area (Å²) in [5, 5.41) is 3.22. The van der Waals surface area contributed by atoms with Gasteiger partial charge in [0.15, 0.2) is 0 Å². The molecular formula is C18H22N2O2. The van der Waals surface area contributed by atoms with E-state index in [-0.39, 0.29) is 5.91 Å². The second kappa shape index (κ2) is 8.32. The predicted molar refractivity (Wildman–Crippen MR) is 87.0 cm³/mol. The summed E-state index contributed by atoms with van der Waals surface area (Å²) in [4.78, 5) is 11.7. The Morgan fingerprint density at radius 3 is 2.55 bits per heavy atom. The highest BCUT2D eigenvalue weighted by atomic mass is 16.5. The minimum absolute atomic E-state index is 0.378. The lowest BCUT2D eigenvalue weighted by Crippen LogP contribution is -2.33. The summed E-state index contributed by atoms with van der Waals surface area (Å²) in [5.74, 6) is -0.378. The molecule has 116 valence electrons. The molecule has 1 atom stereocenters. The van der Waals surface area contributed by atoms with Crippen molar-refractivity contribution in [3.05, 3.63) is 71.3 Å². The Labute approximate surface area is 131 Å². The van der Waals surface area contributed by atoms with Crippen LogP contribution in [0.2, 0.25) is 0 Å². The highest BCUT2D eigenvalue weighted by Gasteiger charge is 2.16. The minimum Gasteiger partial charge on any atom is -0.377 e. The Balaban J connectivity index is 2.02. The van der Waals surface area contributed by atoms with E-state index in [1.165, 1.54) is 0 Å². The number of amides is 1. The quantitative estimate of drug-likeness (QED) is 0.787. The molecule has 2 aromatic rings. The van der Waals surface area contributed by atoms with Gasteiger partial charge in [0.05, 0.1) is 6.61 Å². The van der Waals surface area contributed by atoms with E-state index >= 15 is 0 Å². The van der Waals surface area contributed by atoms with Crippen LogP contribution in [-0.4, -0.2) is 12.5 Å². The third-order valence-electron chi connectivity index (χ3n) is 3.39. The smallest absolute Gasteiger partial charge is 0.239 e. The lowest BCUT2D eigenvalue weighted by molar-refractivity contribution is -0.120. The van der Waals surface area contributed by atoms with Crippen molar-refractivity contribution in [3.8, 4) is 0 Å². The molecule has 1 unspecified atom stereocenters. The van der Waals surface area contributed by atoms with Crippen LogP contribution in [0.15, 0.2) is 54.6 Å². The van der Waals surface area contributed by atoms with Crippen molar-refractivity contribution in [3.63, 3.8) is 0 Å². The Hall–Kier alpha value is -2.17. The van der Waals surface area contributed by atoms with Crippen molar-refractivity contribution < 1.29 is 9.53 Å². The summed E-state index contributed by atoms with van der Waals surface area (Å²) >= 11 is 0. The number of carbonyl (C=O) groups excluding carboxylic acids is 1. The first-order valence-corrected chi connectivity index (χ1v) is 7.44. The molecule has 0 spiro atoms. The van der Waals surface area contributed by atoms with Gasteiger partial charge in [-0.2, -0.15) is 0 Å². The summed E-state index contributed by atoms with van der Waals surface area (Å²) in [5.41, 5.74) is 8.60. The molecule has 3 N–H and O–H groups in total. The minimum atomic E-state index is -0.489. The zero-order chi connectivity index (χ0) is 15.8. The molecule has 0 saturated carbocycles. The van der Waals surface area contributed by atoms with E-state index < -0.39 is 6.04 Å². The summed E-state index contributed by atoms with van der Waals surface area (Å²) in [6.07, 6.45) is 0. The van der Waals surface area contributed by atoms with Gasteiger partial charge in [-0.05, 0) is 23.6 Å². The van der Waals surface area contributed by atoms with Gasteiger partial charge in [-0.3, -0.25) is 10.1 Å². The van der Waals surface area contributed by atoms with Crippen LogP contribution in [0.3, 0.4) is 0 Å². The standard InChI is InChI=1S/C18H22N2O2/c1-2-22-13-15-8-6-7-14(11-15)12-20-17(18(19)21)16-9-4-3-5-10-16/h3-11,17,20H,2,12-13H2,1H3,(H2,19,21). The third kappa shape index (κ3) is 4.69. The van der Waals surface area contributed by atoms with Gasteiger partial charge in [-0.25, -0.2) is 0 Å². The van der Waals surface area contributed by atoms with Crippen LogP contribution in [0.5, 0.6) is 0 Å².